The lowest BCUT2D eigenvalue weighted by molar-refractivity contribution is -0.117. The molecule has 4 nitrogen and oxygen atoms in total. The van der Waals surface area contributed by atoms with Crippen LogP contribution >= 0.6 is 0 Å². The molecule has 0 aromatic heterocycles. The van der Waals surface area contributed by atoms with Crippen molar-refractivity contribution in [3.05, 3.63) is 23.8 Å². The van der Waals surface area contributed by atoms with Crippen molar-refractivity contribution in [1.29, 1.82) is 0 Å². The Morgan fingerprint density at radius 1 is 1.24 bits per heavy atom. The summed E-state index contributed by atoms with van der Waals surface area (Å²) in [6.07, 6.45) is 3.66. The molecule has 1 aliphatic heterocycles. The van der Waals surface area contributed by atoms with Crippen molar-refractivity contribution in [3.63, 3.8) is 0 Å². The number of piperidine rings is 1. The molecule has 1 heterocycles. The molecule has 1 aromatic rings. The number of nitrogens with two attached hydrogens (primary N) is 1. The minimum Gasteiger partial charge on any atom is -0.397 e. The fourth-order valence-electron chi connectivity index (χ4n) is 2.65. The highest BCUT2D eigenvalue weighted by atomic mass is 16.2. The zero-order valence-electron chi connectivity index (χ0n) is 13.4. The maximum absolute atomic E-state index is 12.1. The van der Waals surface area contributed by atoms with Gasteiger partial charge < -0.3 is 11.1 Å². The van der Waals surface area contributed by atoms with Crippen molar-refractivity contribution in [2.75, 3.05) is 30.7 Å². The van der Waals surface area contributed by atoms with Gasteiger partial charge in [-0.15, -0.1) is 0 Å². The van der Waals surface area contributed by atoms with Gasteiger partial charge >= 0.3 is 0 Å². The number of nitrogens with zero attached hydrogens (tertiary/aromatic N) is 1. The maximum atomic E-state index is 12.1. The molecule has 0 radical (unpaired) electrons. The lowest BCUT2D eigenvalue weighted by atomic mass is 9.86. The molecule has 21 heavy (non-hydrogen) atoms. The molecule has 0 aliphatic carbocycles. The summed E-state index contributed by atoms with van der Waals surface area (Å²) in [5, 5.41) is 2.93. The van der Waals surface area contributed by atoms with Crippen LogP contribution in [0.3, 0.4) is 0 Å². The van der Waals surface area contributed by atoms with Crippen LogP contribution in [-0.4, -0.2) is 30.4 Å². The van der Waals surface area contributed by atoms with Crippen molar-refractivity contribution < 1.29 is 4.79 Å². The number of carbonyl (C=O) groups is 1. The summed E-state index contributed by atoms with van der Waals surface area (Å²) in [6, 6.07) is 5.90. The van der Waals surface area contributed by atoms with Gasteiger partial charge in [-0.2, -0.15) is 0 Å². The van der Waals surface area contributed by atoms with Crippen LogP contribution < -0.4 is 11.1 Å². The predicted molar refractivity (Wildman–Crippen MR) is 88.5 cm³/mol. The molecular formula is C17H27N3O. The van der Waals surface area contributed by atoms with Crippen LogP contribution in [0, 0.1) is 0 Å². The minimum atomic E-state index is 0.0205. The van der Waals surface area contributed by atoms with Gasteiger partial charge in [-0.1, -0.05) is 33.3 Å². The number of hydrogen-bond acceptors (Lipinski definition) is 3. The number of amides is 1. The Morgan fingerprint density at radius 2 is 1.90 bits per heavy atom. The number of carbonyl (C=O) groups excluding carboxylic acids is 1. The second-order valence-electron chi connectivity index (χ2n) is 6.94. The molecule has 0 unspecified atom stereocenters. The molecule has 1 amide bonds. The first-order valence-electron chi connectivity index (χ1n) is 7.78. The third-order valence-corrected chi connectivity index (χ3v) is 4.01. The largest absolute Gasteiger partial charge is 0.397 e. The summed E-state index contributed by atoms with van der Waals surface area (Å²) in [7, 11) is 0. The topological polar surface area (TPSA) is 58.4 Å². The van der Waals surface area contributed by atoms with Crippen molar-refractivity contribution >= 4 is 17.3 Å². The van der Waals surface area contributed by atoms with E-state index in [4.69, 9.17) is 5.73 Å². The molecule has 3 N–H and O–H groups in total. The van der Waals surface area contributed by atoms with Crippen LogP contribution in [0.4, 0.5) is 11.4 Å². The Morgan fingerprint density at radius 3 is 2.48 bits per heavy atom. The number of likely N-dealkylation sites (tertiary alicyclic amines) is 1. The van der Waals surface area contributed by atoms with E-state index in [2.05, 4.69) is 31.0 Å². The molecule has 0 spiro atoms. The number of benzene rings is 1. The van der Waals surface area contributed by atoms with Gasteiger partial charge in [0.15, 0.2) is 0 Å². The molecule has 1 saturated heterocycles. The Bertz CT molecular complexity index is 499. The van der Waals surface area contributed by atoms with Crippen LogP contribution in [0.2, 0.25) is 0 Å². The normalized spacial score (nSPS) is 16.7. The second kappa shape index (κ2) is 6.48. The molecule has 2 rings (SSSR count). The van der Waals surface area contributed by atoms with E-state index in [-0.39, 0.29) is 11.3 Å². The Labute approximate surface area is 127 Å². The first-order chi connectivity index (χ1) is 9.86. The van der Waals surface area contributed by atoms with Gasteiger partial charge in [0.25, 0.3) is 0 Å². The molecule has 116 valence electrons. The lowest BCUT2D eigenvalue weighted by Crippen LogP contribution is -2.36. The first-order valence-corrected chi connectivity index (χ1v) is 7.78. The number of anilines is 2. The van der Waals surface area contributed by atoms with E-state index in [0.717, 1.165) is 13.1 Å². The number of rotatable bonds is 3. The van der Waals surface area contributed by atoms with Crippen LogP contribution in [-0.2, 0) is 10.2 Å². The van der Waals surface area contributed by atoms with E-state index in [0.29, 0.717) is 17.9 Å². The Balaban J connectivity index is 1.97. The molecular weight excluding hydrogens is 262 g/mol. The van der Waals surface area contributed by atoms with Gasteiger partial charge in [0.2, 0.25) is 5.91 Å². The Hall–Kier alpha value is -1.55. The van der Waals surface area contributed by atoms with Gasteiger partial charge in [0.1, 0.15) is 0 Å². The monoisotopic (exact) mass is 289 g/mol. The van der Waals surface area contributed by atoms with Gasteiger partial charge in [0.05, 0.1) is 17.9 Å². The molecule has 1 fully saturated rings. The van der Waals surface area contributed by atoms with E-state index in [9.17, 15) is 4.79 Å². The summed E-state index contributed by atoms with van der Waals surface area (Å²) < 4.78 is 0. The first kappa shape index (κ1) is 15.8. The molecule has 4 heteroatoms. The number of hydrogen-bond donors (Lipinski definition) is 2. The van der Waals surface area contributed by atoms with Crippen LogP contribution in [0.25, 0.3) is 0 Å². The zero-order valence-corrected chi connectivity index (χ0v) is 13.4. The van der Waals surface area contributed by atoms with Gasteiger partial charge in [-0.3, -0.25) is 9.69 Å². The van der Waals surface area contributed by atoms with E-state index >= 15 is 0 Å². The van der Waals surface area contributed by atoms with E-state index < -0.39 is 0 Å². The SMILES string of the molecule is CC(C)(C)c1ccc(NC(=O)CN2CCCCC2)c(N)c1. The molecule has 0 atom stereocenters. The zero-order chi connectivity index (χ0) is 15.5. The molecule has 0 bridgehead atoms. The van der Waals surface area contributed by atoms with Crippen molar-refractivity contribution in [2.24, 2.45) is 0 Å². The van der Waals surface area contributed by atoms with Crippen molar-refractivity contribution in [3.8, 4) is 0 Å². The van der Waals surface area contributed by atoms with E-state index in [1.54, 1.807) is 0 Å². The van der Waals surface area contributed by atoms with Crippen molar-refractivity contribution in [1.82, 2.24) is 4.90 Å². The van der Waals surface area contributed by atoms with Crippen molar-refractivity contribution in [2.45, 2.75) is 45.4 Å². The summed E-state index contributed by atoms with van der Waals surface area (Å²) >= 11 is 0. The summed E-state index contributed by atoms with van der Waals surface area (Å²) in [4.78, 5) is 14.3. The Kier molecular flexibility index (Phi) is 4.88. The highest BCUT2D eigenvalue weighted by molar-refractivity contribution is 5.95. The highest BCUT2D eigenvalue weighted by Gasteiger charge is 2.17. The van der Waals surface area contributed by atoms with Crippen LogP contribution in [0.15, 0.2) is 18.2 Å². The smallest absolute Gasteiger partial charge is 0.238 e. The summed E-state index contributed by atoms with van der Waals surface area (Å²) in [5.41, 5.74) is 8.65. The molecule has 1 aromatic carbocycles. The quantitative estimate of drug-likeness (QED) is 0.841. The highest BCUT2D eigenvalue weighted by Crippen LogP contribution is 2.28. The third kappa shape index (κ3) is 4.46. The summed E-state index contributed by atoms with van der Waals surface area (Å²) in [6.45, 7) is 8.95. The average Bonchev–Trinajstić information content (AvgIpc) is 2.41. The van der Waals surface area contributed by atoms with Gasteiger partial charge in [0, 0.05) is 0 Å². The molecule has 0 saturated carbocycles. The predicted octanol–water partition coefficient (Wildman–Crippen LogP) is 2.99. The summed E-state index contributed by atoms with van der Waals surface area (Å²) in [5.74, 6) is 0.0205. The fourth-order valence-corrected chi connectivity index (χ4v) is 2.65. The van der Waals surface area contributed by atoms with E-state index in [1.807, 2.05) is 18.2 Å². The third-order valence-electron chi connectivity index (χ3n) is 4.01. The van der Waals surface area contributed by atoms with E-state index in [1.165, 1.54) is 24.8 Å². The maximum Gasteiger partial charge on any atom is 0.238 e. The standard InChI is InChI=1S/C17H27N3O/c1-17(2,3)13-7-8-15(14(18)11-13)19-16(21)12-20-9-5-4-6-10-20/h7-8,11H,4-6,9-10,12,18H2,1-3H3,(H,19,21). The number of nitrogens with one attached hydrogen (secondary N) is 1. The average molecular weight is 289 g/mol. The van der Waals surface area contributed by atoms with Gasteiger partial charge in [-0.25, -0.2) is 0 Å². The van der Waals surface area contributed by atoms with Gasteiger partial charge in [-0.05, 0) is 49.0 Å². The fraction of sp³-hybridized carbons (Fsp3) is 0.588. The minimum absolute atomic E-state index is 0.0205. The van der Waals surface area contributed by atoms with Crippen LogP contribution in [0.5, 0.6) is 0 Å². The molecule has 1 aliphatic rings. The lowest BCUT2D eigenvalue weighted by Gasteiger charge is -2.26. The number of nitrogen functional groups attached to an aromatic ring is 1. The van der Waals surface area contributed by atoms with Crippen LogP contribution in [0.1, 0.15) is 45.6 Å². The second-order valence-corrected chi connectivity index (χ2v) is 6.94.